The van der Waals surface area contributed by atoms with Crippen LogP contribution in [0.3, 0.4) is 0 Å². The molecule has 13 nitrogen and oxygen atoms in total. The Balaban J connectivity index is 1.29. The topological polar surface area (TPSA) is 153 Å². The molecule has 0 unspecified atom stereocenters. The summed E-state index contributed by atoms with van der Waals surface area (Å²) in [5, 5.41) is 16.7. The van der Waals surface area contributed by atoms with Crippen molar-refractivity contribution in [2.24, 2.45) is 0 Å². The molecule has 0 radical (unpaired) electrons. The molecule has 3 aromatic heterocycles. The number of aromatic hydroxyl groups is 1. The summed E-state index contributed by atoms with van der Waals surface area (Å²) in [6, 6.07) is 5.21. The number of carbonyl (C=O) groups is 2. The molecule has 18 heteroatoms. The van der Waals surface area contributed by atoms with Gasteiger partial charge in [0.15, 0.2) is 17.7 Å². The highest BCUT2D eigenvalue weighted by Gasteiger charge is 2.56. The van der Waals surface area contributed by atoms with E-state index in [0.29, 0.717) is 31.3 Å². The van der Waals surface area contributed by atoms with Crippen molar-refractivity contribution in [3.05, 3.63) is 86.3 Å². The highest BCUT2D eigenvalue weighted by Crippen LogP contribution is 2.49. The fraction of sp³-hybridized carbons (Fsp3) is 0.375. The minimum Gasteiger partial charge on any atom is -0.505 e. The molecule has 0 bridgehead atoms. The second-order valence-electron chi connectivity index (χ2n) is 12.1. The van der Waals surface area contributed by atoms with Crippen LogP contribution in [-0.4, -0.2) is 78.4 Å². The van der Waals surface area contributed by atoms with Crippen molar-refractivity contribution < 1.29 is 41.7 Å². The maximum absolute atomic E-state index is 16.5. The minimum absolute atomic E-state index is 0.0500. The van der Waals surface area contributed by atoms with Gasteiger partial charge < -0.3 is 29.4 Å². The smallest absolute Gasteiger partial charge is 0.416 e. The number of halogens is 5. The molecule has 6 heterocycles. The lowest BCUT2D eigenvalue weighted by molar-refractivity contribution is -0.143. The van der Waals surface area contributed by atoms with Gasteiger partial charge in [-0.2, -0.15) is 22.7 Å². The van der Waals surface area contributed by atoms with E-state index in [1.807, 2.05) is 0 Å². The molecular formula is C32H28ClF4N7O6. The van der Waals surface area contributed by atoms with E-state index in [0.717, 1.165) is 16.6 Å². The second kappa shape index (κ2) is 12.5. The summed E-state index contributed by atoms with van der Waals surface area (Å²) in [7, 11) is 0. The van der Waals surface area contributed by atoms with Gasteiger partial charge >= 0.3 is 6.18 Å². The Labute approximate surface area is 285 Å². The van der Waals surface area contributed by atoms with Crippen molar-refractivity contribution in [1.29, 1.82) is 0 Å². The number of nitrogens with one attached hydrogen (secondary N) is 1. The molecule has 0 aliphatic carbocycles. The maximum Gasteiger partial charge on any atom is 0.416 e. The van der Waals surface area contributed by atoms with Crippen molar-refractivity contribution in [2.75, 3.05) is 31.6 Å². The Kier molecular flexibility index (Phi) is 8.39. The number of hydrogen-bond donors (Lipinski definition) is 2. The van der Waals surface area contributed by atoms with Gasteiger partial charge in [0.2, 0.25) is 11.7 Å². The molecule has 1 spiro atoms. The third kappa shape index (κ3) is 5.68. The number of carbonyl (C=O) groups excluding carboxylic acids is 2. The van der Waals surface area contributed by atoms with Crippen LogP contribution in [0.15, 0.2) is 47.4 Å². The first kappa shape index (κ1) is 33.6. The molecule has 3 atom stereocenters. The van der Waals surface area contributed by atoms with E-state index in [4.69, 9.17) is 21.1 Å². The minimum atomic E-state index is -4.65. The van der Waals surface area contributed by atoms with Crippen LogP contribution in [0.5, 0.6) is 5.75 Å². The molecule has 50 heavy (non-hydrogen) atoms. The summed E-state index contributed by atoms with van der Waals surface area (Å²) < 4.78 is 70.1. The van der Waals surface area contributed by atoms with Gasteiger partial charge in [0, 0.05) is 19.2 Å². The first-order valence-corrected chi connectivity index (χ1v) is 15.9. The van der Waals surface area contributed by atoms with E-state index >= 15 is 4.39 Å². The van der Waals surface area contributed by atoms with Crippen molar-refractivity contribution in [1.82, 2.24) is 29.0 Å². The number of piperidine rings is 1. The summed E-state index contributed by atoms with van der Waals surface area (Å²) in [5.74, 6) is -1.67. The molecule has 3 aliphatic heterocycles. The molecule has 1 saturated heterocycles. The molecular weight excluding hydrogens is 690 g/mol. The first-order valence-electron chi connectivity index (χ1n) is 15.5. The van der Waals surface area contributed by atoms with Gasteiger partial charge in [-0.05, 0) is 49.2 Å². The number of hydrogen-bond acceptors (Lipinski definition) is 9. The quantitative estimate of drug-likeness (QED) is 0.288. The van der Waals surface area contributed by atoms with Crippen molar-refractivity contribution in [3.8, 4) is 5.75 Å². The lowest BCUT2D eigenvalue weighted by Crippen LogP contribution is -2.55. The number of rotatable bonds is 5. The highest BCUT2D eigenvalue weighted by molar-refractivity contribution is 6.33. The largest absolute Gasteiger partial charge is 0.505 e. The SMILES string of the molecule is C[C@H]1O[C@@]2(CCN(C(=O)c3ncccc3O)C[C@@H]2F)c2c1n(CC(=O)Nc1ccc(C(F)(F)F)cc1Cl)c1nc(C3=CCOCC3)nn1c2=O. The number of nitrogens with zero attached hydrogens (tertiary/aromatic N) is 6. The molecule has 1 fully saturated rings. The number of benzene rings is 1. The van der Waals surface area contributed by atoms with Crippen molar-refractivity contribution in [3.63, 3.8) is 0 Å². The zero-order valence-electron chi connectivity index (χ0n) is 26.2. The first-order chi connectivity index (χ1) is 23.8. The standard InChI is InChI=1S/C32H28ClF4N7O6/c1-16-26-24(31(50-16)8-10-42(14-22(31)34)29(48)25-21(45)3-2-9-38-25)28(47)44-30(40-27(41-44)17-6-11-49-12-7-17)43(26)15-23(46)39-20-5-4-18(13-19(20)33)32(35,36)37/h2-6,9,13,16,22,45H,7-8,10-12,14-15H2,1H3,(H,39,46)/t16-,22+,31-/m1/s1. The van der Waals surface area contributed by atoms with E-state index in [1.54, 1.807) is 13.0 Å². The number of likely N-dealkylation sites (tertiary alicyclic amines) is 1. The van der Waals surface area contributed by atoms with E-state index in [9.17, 15) is 32.7 Å². The molecule has 4 aromatic rings. The number of alkyl halides is 4. The Hall–Kier alpha value is -4.87. The van der Waals surface area contributed by atoms with Gasteiger partial charge in [-0.3, -0.25) is 14.4 Å². The predicted octanol–water partition coefficient (Wildman–Crippen LogP) is 4.28. The number of pyridine rings is 1. The summed E-state index contributed by atoms with van der Waals surface area (Å²) in [4.78, 5) is 50.6. The van der Waals surface area contributed by atoms with Gasteiger partial charge in [-0.1, -0.05) is 17.7 Å². The van der Waals surface area contributed by atoms with Crippen LogP contribution in [0.25, 0.3) is 11.4 Å². The fourth-order valence-electron chi connectivity index (χ4n) is 6.67. The number of fused-ring (bicyclic) bond motifs is 3. The van der Waals surface area contributed by atoms with Crippen LogP contribution < -0.4 is 10.9 Å². The van der Waals surface area contributed by atoms with Crippen LogP contribution >= 0.6 is 11.6 Å². The van der Waals surface area contributed by atoms with E-state index < -0.39 is 60.1 Å². The van der Waals surface area contributed by atoms with Crippen LogP contribution in [0.4, 0.5) is 23.2 Å². The molecule has 262 valence electrons. The van der Waals surface area contributed by atoms with Crippen LogP contribution in [0.1, 0.15) is 59.0 Å². The zero-order valence-corrected chi connectivity index (χ0v) is 27.0. The Bertz CT molecular complexity index is 2140. The lowest BCUT2D eigenvalue weighted by atomic mass is 9.83. The number of ether oxygens (including phenoxy) is 2. The maximum atomic E-state index is 16.5. The number of aromatic nitrogens is 5. The van der Waals surface area contributed by atoms with E-state index in [-0.39, 0.29) is 58.0 Å². The summed E-state index contributed by atoms with van der Waals surface area (Å²) in [6.45, 7) is 1.17. The Morgan fingerprint density at radius 1 is 1.24 bits per heavy atom. The van der Waals surface area contributed by atoms with Gasteiger partial charge in [0.1, 0.15) is 17.9 Å². The molecule has 2 amide bonds. The molecule has 2 N–H and O–H groups in total. The van der Waals surface area contributed by atoms with Gasteiger partial charge in [-0.15, -0.1) is 5.10 Å². The van der Waals surface area contributed by atoms with Gasteiger partial charge in [0.25, 0.3) is 11.5 Å². The normalized spacial score (nSPS) is 22.1. The van der Waals surface area contributed by atoms with Gasteiger partial charge in [-0.25, -0.2) is 9.37 Å². The monoisotopic (exact) mass is 717 g/mol. The second-order valence-corrected chi connectivity index (χ2v) is 12.5. The molecule has 7 rings (SSSR count). The predicted molar refractivity (Wildman–Crippen MR) is 168 cm³/mol. The number of amides is 2. The Morgan fingerprint density at radius 2 is 2.04 bits per heavy atom. The van der Waals surface area contributed by atoms with E-state index in [1.165, 1.54) is 27.8 Å². The average molecular weight is 718 g/mol. The third-order valence-corrected chi connectivity index (χ3v) is 9.33. The zero-order chi connectivity index (χ0) is 35.5. The number of anilines is 1. The van der Waals surface area contributed by atoms with Crippen LogP contribution in [0.2, 0.25) is 5.02 Å². The molecule has 1 aromatic carbocycles. The Morgan fingerprint density at radius 3 is 2.72 bits per heavy atom. The third-order valence-electron chi connectivity index (χ3n) is 9.02. The molecule has 3 aliphatic rings. The lowest BCUT2D eigenvalue weighted by Gasteiger charge is -2.41. The van der Waals surface area contributed by atoms with Crippen molar-refractivity contribution in [2.45, 2.75) is 50.4 Å². The van der Waals surface area contributed by atoms with Crippen LogP contribution in [-0.2, 0) is 32.6 Å². The summed E-state index contributed by atoms with van der Waals surface area (Å²) >= 11 is 6.09. The van der Waals surface area contributed by atoms with Crippen LogP contribution in [0, 0.1) is 0 Å². The van der Waals surface area contributed by atoms with Crippen molar-refractivity contribution >= 4 is 40.5 Å². The average Bonchev–Trinajstić information content (AvgIpc) is 3.66. The van der Waals surface area contributed by atoms with E-state index in [2.05, 4.69) is 20.4 Å². The highest BCUT2D eigenvalue weighted by atomic mass is 35.5. The fourth-order valence-corrected chi connectivity index (χ4v) is 6.90. The summed E-state index contributed by atoms with van der Waals surface area (Å²) in [6.07, 6.45) is -4.17. The van der Waals surface area contributed by atoms with Gasteiger partial charge in [0.05, 0.1) is 53.4 Å². The summed E-state index contributed by atoms with van der Waals surface area (Å²) in [5.41, 5.74) is -3.16. The molecule has 0 saturated carbocycles.